The van der Waals surface area contributed by atoms with E-state index in [0.29, 0.717) is 13.2 Å². The number of carbonyl (C=O) groups is 1. The summed E-state index contributed by atoms with van der Waals surface area (Å²) in [6.07, 6.45) is 2.74. The predicted molar refractivity (Wildman–Crippen MR) is 82.4 cm³/mol. The Kier molecular flexibility index (Phi) is 5.61. The van der Waals surface area contributed by atoms with Gasteiger partial charge in [-0.3, -0.25) is 4.79 Å². The summed E-state index contributed by atoms with van der Waals surface area (Å²) in [6.45, 7) is 5.50. The van der Waals surface area contributed by atoms with Gasteiger partial charge >= 0.3 is 0 Å². The molecule has 2 atom stereocenters. The molecule has 2 rings (SSSR count). The lowest BCUT2D eigenvalue weighted by molar-refractivity contribution is 0.0689. The molecule has 2 unspecified atom stereocenters. The number of carbonyl (C=O) groups excluding carboxylic acids is 1. The minimum absolute atomic E-state index is 0.00527. The summed E-state index contributed by atoms with van der Waals surface area (Å²) in [5.74, 6) is 0.963. The molecule has 1 aromatic carbocycles. The largest absolute Gasteiger partial charge is 0.492 e. The number of halogens is 1. The average Bonchev–Trinajstić information content (AvgIpc) is 2.93. The van der Waals surface area contributed by atoms with Crippen LogP contribution in [0.2, 0.25) is 0 Å². The van der Waals surface area contributed by atoms with Crippen molar-refractivity contribution in [2.75, 3.05) is 13.2 Å². The average molecular weight is 341 g/mol. The minimum atomic E-state index is -0.00527. The predicted octanol–water partition coefficient (Wildman–Crippen LogP) is 4.24. The summed E-state index contributed by atoms with van der Waals surface area (Å²) >= 11 is 3.48. The monoisotopic (exact) mass is 340 g/mol. The SMILES string of the molecule is CCCOc1ccc(C(=O)C2CCOC2CC)cc1Br. The zero-order valence-corrected chi connectivity index (χ0v) is 13.6. The van der Waals surface area contributed by atoms with Gasteiger partial charge < -0.3 is 9.47 Å². The van der Waals surface area contributed by atoms with Gasteiger partial charge in [0.15, 0.2) is 5.78 Å². The number of ether oxygens (including phenoxy) is 2. The van der Waals surface area contributed by atoms with Crippen molar-refractivity contribution in [1.29, 1.82) is 0 Å². The summed E-state index contributed by atoms with van der Waals surface area (Å²) in [4.78, 5) is 12.6. The summed E-state index contributed by atoms with van der Waals surface area (Å²) in [7, 11) is 0. The topological polar surface area (TPSA) is 35.5 Å². The van der Waals surface area contributed by atoms with Crippen molar-refractivity contribution >= 4 is 21.7 Å². The van der Waals surface area contributed by atoms with Gasteiger partial charge in [-0.15, -0.1) is 0 Å². The minimum Gasteiger partial charge on any atom is -0.492 e. The second kappa shape index (κ2) is 7.23. The van der Waals surface area contributed by atoms with Crippen molar-refractivity contribution in [3.05, 3.63) is 28.2 Å². The number of Topliss-reactive ketones (excluding diaryl/α,β-unsaturated/α-hetero) is 1. The maximum atomic E-state index is 12.6. The maximum absolute atomic E-state index is 12.6. The molecule has 1 heterocycles. The Hall–Kier alpha value is -0.870. The van der Waals surface area contributed by atoms with E-state index in [1.807, 2.05) is 18.2 Å². The van der Waals surface area contributed by atoms with Crippen LogP contribution in [0.4, 0.5) is 0 Å². The van der Waals surface area contributed by atoms with E-state index in [-0.39, 0.29) is 17.8 Å². The lowest BCUT2D eigenvalue weighted by atomic mass is 9.90. The highest BCUT2D eigenvalue weighted by Gasteiger charge is 2.33. The van der Waals surface area contributed by atoms with E-state index < -0.39 is 0 Å². The first-order valence-corrected chi connectivity index (χ1v) is 8.04. The van der Waals surface area contributed by atoms with Gasteiger partial charge in [0.25, 0.3) is 0 Å². The van der Waals surface area contributed by atoms with Crippen LogP contribution in [0.15, 0.2) is 22.7 Å². The van der Waals surface area contributed by atoms with Gasteiger partial charge in [-0.05, 0) is 53.4 Å². The van der Waals surface area contributed by atoms with Crippen molar-refractivity contribution in [2.24, 2.45) is 5.92 Å². The van der Waals surface area contributed by atoms with E-state index in [9.17, 15) is 4.79 Å². The van der Waals surface area contributed by atoms with Gasteiger partial charge in [-0.2, -0.15) is 0 Å². The maximum Gasteiger partial charge on any atom is 0.168 e. The Morgan fingerprint density at radius 2 is 2.25 bits per heavy atom. The molecule has 0 amide bonds. The van der Waals surface area contributed by atoms with Crippen molar-refractivity contribution < 1.29 is 14.3 Å². The molecule has 4 heteroatoms. The van der Waals surface area contributed by atoms with E-state index in [2.05, 4.69) is 29.8 Å². The molecule has 0 radical (unpaired) electrons. The fraction of sp³-hybridized carbons (Fsp3) is 0.562. The number of hydrogen-bond donors (Lipinski definition) is 0. The summed E-state index contributed by atoms with van der Waals surface area (Å²) in [5, 5.41) is 0. The first-order chi connectivity index (χ1) is 9.67. The Morgan fingerprint density at radius 1 is 1.45 bits per heavy atom. The van der Waals surface area contributed by atoms with E-state index in [4.69, 9.17) is 9.47 Å². The van der Waals surface area contributed by atoms with Crippen LogP contribution < -0.4 is 4.74 Å². The fourth-order valence-corrected chi connectivity index (χ4v) is 3.04. The lowest BCUT2D eigenvalue weighted by Gasteiger charge is -2.16. The van der Waals surface area contributed by atoms with E-state index in [0.717, 1.165) is 35.0 Å². The molecule has 0 aromatic heterocycles. The van der Waals surface area contributed by atoms with Gasteiger partial charge in [0.05, 0.1) is 23.1 Å². The molecular formula is C16H21BrO3. The Labute approximate surface area is 128 Å². The Morgan fingerprint density at radius 3 is 2.90 bits per heavy atom. The van der Waals surface area contributed by atoms with Crippen LogP contribution in [0, 0.1) is 5.92 Å². The molecule has 3 nitrogen and oxygen atoms in total. The van der Waals surface area contributed by atoms with Gasteiger partial charge in [-0.25, -0.2) is 0 Å². The smallest absolute Gasteiger partial charge is 0.168 e. The van der Waals surface area contributed by atoms with Crippen LogP contribution >= 0.6 is 15.9 Å². The lowest BCUT2D eigenvalue weighted by Crippen LogP contribution is -2.23. The first-order valence-electron chi connectivity index (χ1n) is 7.25. The molecule has 1 aliphatic rings. The summed E-state index contributed by atoms with van der Waals surface area (Å²) < 4.78 is 12.0. The molecule has 110 valence electrons. The van der Waals surface area contributed by atoms with Gasteiger partial charge in [0.1, 0.15) is 5.75 Å². The third kappa shape index (κ3) is 3.41. The molecular weight excluding hydrogens is 320 g/mol. The van der Waals surface area contributed by atoms with Crippen molar-refractivity contribution in [3.8, 4) is 5.75 Å². The van der Waals surface area contributed by atoms with Crippen molar-refractivity contribution in [1.82, 2.24) is 0 Å². The third-order valence-corrected chi connectivity index (χ3v) is 4.25. The molecule has 1 aromatic rings. The number of ketones is 1. The standard InChI is InChI=1S/C16H21BrO3/c1-3-8-19-15-6-5-11(10-13(15)17)16(18)12-7-9-20-14(12)4-2/h5-6,10,12,14H,3-4,7-9H2,1-2H3. The summed E-state index contributed by atoms with van der Waals surface area (Å²) in [6, 6.07) is 5.57. The van der Waals surface area contributed by atoms with Gasteiger partial charge in [0, 0.05) is 12.2 Å². The van der Waals surface area contributed by atoms with Crippen LogP contribution in [0.3, 0.4) is 0 Å². The molecule has 1 aliphatic heterocycles. The van der Waals surface area contributed by atoms with Crippen LogP contribution in [-0.4, -0.2) is 25.1 Å². The highest BCUT2D eigenvalue weighted by Crippen LogP contribution is 2.31. The van der Waals surface area contributed by atoms with Gasteiger partial charge in [0.2, 0.25) is 0 Å². The van der Waals surface area contributed by atoms with Crippen LogP contribution in [0.5, 0.6) is 5.75 Å². The molecule has 0 N–H and O–H groups in total. The molecule has 1 fully saturated rings. The van der Waals surface area contributed by atoms with E-state index in [1.165, 1.54) is 0 Å². The molecule has 20 heavy (non-hydrogen) atoms. The summed E-state index contributed by atoms with van der Waals surface area (Å²) in [5.41, 5.74) is 0.731. The molecule has 0 spiro atoms. The quantitative estimate of drug-likeness (QED) is 0.726. The Bertz CT molecular complexity index is 473. The fourth-order valence-electron chi connectivity index (χ4n) is 2.55. The molecule has 1 saturated heterocycles. The van der Waals surface area contributed by atoms with Crippen molar-refractivity contribution in [3.63, 3.8) is 0 Å². The van der Waals surface area contributed by atoms with E-state index >= 15 is 0 Å². The van der Waals surface area contributed by atoms with Crippen LogP contribution in [0.25, 0.3) is 0 Å². The highest BCUT2D eigenvalue weighted by atomic mass is 79.9. The highest BCUT2D eigenvalue weighted by molar-refractivity contribution is 9.10. The van der Waals surface area contributed by atoms with Gasteiger partial charge in [-0.1, -0.05) is 13.8 Å². The zero-order chi connectivity index (χ0) is 14.5. The molecule has 0 saturated carbocycles. The molecule has 0 bridgehead atoms. The Balaban J connectivity index is 2.12. The number of benzene rings is 1. The second-order valence-corrected chi connectivity index (χ2v) is 5.92. The first kappa shape index (κ1) is 15.5. The number of rotatable bonds is 6. The normalized spacial score (nSPS) is 21.9. The van der Waals surface area contributed by atoms with Crippen LogP contribution in [0.1, 0.15) is 43.5 Å². The third-order valence-electron chi connectivity index (χ3n) is 3.63. The van der Waals surface area contributed by atoms with Crippen LogP contribution in [-0.2, 0) is 4.74 Å². The van der Waals surface area contributed by atoms with Crippen molar-refractivity contribution in [2.45, 2.75) is 39.2 Å². The molecule has 0 aliphatic carbocycles. The van der Waals surface area contributed by atoms with E-state index in [1.54, 1.807) is 0 Å². The number of hydrogen-bond acceptors (Lipinski definition) is 3. The second-order valence-electron chi connectivity index (χ2n) is 5.07. The zero-order valence-electron chi connectivity index (χ0n) is 12.0.